The molecule has 0 amide bonds. The molecule has 0 aromatic heterocycles. The first kappa shape index (κ1) is 13.6. The third-order valence-corrected chi connectivity index (χ3v) is 1.96. The van der Waals surface area contributed by atoms with Crippen LogP contribution >= 0.6 is 0 Å². The molecule has 0 heterocycles. The molecular formula is C14H20O3. The Balaban J connectivity index is 2.64. The second-order valence-electron chi connectivity index (χ2n) is 4.87. The first-order valence-electron chi connectivity index (χ1n) is 5.88. The van der Waals surface area contributed by atoms with E-state index in [0.717, 1.165) is 12.2 Å². The van der Waals surface area contributed by atoms with Crippen molar-refractivity contribution in [3.63, 3.8) is 0 Å². The van der Waals surface area contributed by atoms with Gasteiger partial charge in [0, 0.05) is 0 Å². The van der Waals surface area contributed by atoms with E-state index in [4.69, 9.17) is 9.47 Å². The summed E-state index contributed by atoms with van der Waals surface area (Å²) in [6, 6.07) is 7.02. The van der Waals surface area contributed by atoms with E-state index in [9.17, 15) is 4.79 Å². The van der Waals surface area contributed by atoms with Crippen molar-refractivity contribution in [3.8, 4) is 5.75 Å². The molecule has 0 saturated heterocycles. The van der Waals surface area contributed by atoms with Crippen LogP contribution in [0.3, 0.4) is 0 Å². The largest absolute Gasteiger partial charge is 0.494 e. The van der Waals surface area contributed by atoms with Gasteiger partial charge in [-0.15, -0.1) is 0 Å². The van der Waals surface area contributed by atoms with Crippen LogP contribution in [0.4, 0.5) is 0 Å². The molecule has 3 nitrogen and oxygen atoms in total. The van der Waals surface area contributed by atoms with Crippen LogP contribution in [0.25, 0.3) is 0 Å². The Labute approximate surface area is 103 Å². The molecule has 0 radical (unpaired) electrons. The van der Waals surface area contributed by atoms with E-state index in [1.54, 1.807) is 24.3 Å². The Hall–Kier alpha value is -1.51. The number of esters is 1. The smallest absolute Gasteiger partial charge is 0.338 e. The molecule has 1 aromatic rings. The molecule has 0 bridgehead atoms. The summed E-state index contributed by atoms with van der Waals surface area (Å²) in [6.45, 7) is 8.29. The van der Waals surface area contributed by atoms with Crippen molar-refractivity contribution in [1.82, 2.24) is 0 Å². The van der Waals surface area contributed by atoms with Crippen molar-refractivity contribution in [2.75, 3.05) is 6.61 Å². The fourth-order valence-corrected chi connectivity index (χ4v) is 1.24. The molecule has 0 atom stereocenters. The first-order valence-corrected chi connectivity index (χ1v) is 5.88. The molecule has 0 fully saturated rings. The molecule has 0 aliphatic carbocycles. The topological polar surface area (TPSA) is 35.5 Å². The third-order valence-electron chi connectivity index (χ3n) is 1.96. The molecule has 0 aliphatic rings. The van der Waals surface area contributed by atoms with Crippen LogP contribution in [-0.4, -0.2) is 18.2 Å². The van der Waals surface area contributed by atoms with E-state index in [2.05, 4.69) is 6.92 Å². The molecule has 1 rings (SSSR count). The quantitative estimate of drug-likeness (QED) is 0.751. The Morgan fingerprint density at radius 3 is 2.24 bits per heavy atom. The van der Waals surface area contributed by atoms with Crippen LogP contribution in [0.5, 0.6) is 5.75 Å². The highest BCUT2D eigenvalue weighted by Crippen LogP contribution is 2.16. The van der Waals surface area contributed by atoms with Crippen LogP contribution in [0, 0.1) is 0 Å². The average molecular weight is 236 g/mol. The fraction of sp³-hybridized carbons (Fsp3) is 0.500. The lowest BCUT2D eigenvalue weighted by Crippen LogP contribution is -2.23. The first-order chi connectivity index (χ1) is 7.92. The van der Waals surface area contributed by atoms with Crippen molar-refractivity contribution in [2.24, 2.45) is 0 Å². The maximum Gasteiger partial charge on any atom is 0.338 e. The van der Waals surface area contributed by atoms with Crippen molar-refractivity contribution >= 4 is 5.97 Å². The van der Waals surface area contributed by atoms with Gasteiger partial charge in [-0.2, -0.15) is 0 Å². The summed E-state index contributed by atoms with van der Waals surface area (Å²) >= 11 is 0. The molecule has 17 heavy (non-hydrogen) atoms. The van der Waals surface area contributed by atoms with E-state index >= 15 is 0 Å². The minimum absolute atomic E-state index is 0.306. The summed E-state index contributed by atoms with van der Waals surface area (Å²) in [4.78, 5) is 11.7. The minimum Gasteiger partial charge on any atom is -0.494 e. The van der Waals surface area contributed by atoms with E-state index in [0.29, 0.717) is 12.2 Å². The number of carbonyl (C=O) groups excluding carboxylic acids is 1. The van der Waals surface area contributed by atoms with Gasteiger partial charge in [-0.25, -0.2) is 4.79 Å². The number of hydrogen-bond donors (Lipinski definition) is 0. The zero-order chi connectivity index (χ0) is 12.9. The van der Waals surface area contributed by atoms with Gasteiger partial charge in [-0.3, -0.25) is 0 Å². The van der Waals surface area contributed by atoms with Gasteiger partial charge in [0.05, 0.1) is 12.2 Å². The Morgan fingerprint density at radius 2 is 1.76 bits per heavy atom. The molecule has 0 saturated carbocycles. The lowest BCUT2D eigenvalue weighted by Gasteiger charge is -2.19. The second kappa shape index (κ2) is 5.71. The minimum atomic E-state index is -0.464. The lowest BCUT2D eigenvalue weighted by atomic mass is 10.1. The van der Waals surface area contributed by atoms with Gasteiger partial charge >= 0.3 is 5.97 Å². The van der Waals surface area contributed by atoms with Gasteiger partial charge in [-0.1, -0.05) is 6.92 Å². The van der Waals surface area contributed by atoms with Crippen molar-refractivity contribution < 1.29 is 14.3 Å². The van der Waals surface area contributed by atoms with Gasteiger partial charge in [0.25, 0.3) is 0 Å². The molecule has 1 aromatic carbocycles. The summed E-state index contributed by atoms with van der Waals surface area (Å²) < 4.78 is 10.7. The van der Waals surface area contributed by atoms with Gasteiger partial charge in [-0.05, 0) is 51.5 Å². The number of ether oxygens (including phenoxy) is 2. The standard InChI is InChI=1S/C14H20O3/c1-5-10-16-12-8-6-11(7-9-12)13(15)17-14(2,3)4/h6-9H,5,10H2,1-4H3. The van der Waals surface area contributed by atoms with Crippen molar-refractivity contribution in [1.29, 1.82) is 0 Å². The van der Waals surface area contributed by atoms with Crippen molar-refractivity contribution in [3.05, 3.63) is 29.8 Å². The van der Waals surface area contributed by atoms with Gasteiger partial charge in [0.2, 0.25) is 0 Å². The monoisotopic (exact) mass is 236 g/mol. The maximum absolute atomic E-state index is 11.7. The highest BCUT2D eigenvalue weighted by atomic mass is 16.6. The second-order valence-corrected chi connectivity index (χ2v) is 4.87. The van der Waals surface area contributed by atoms with Gasteiger partial charge in [0.15, 0.2) is 0 Å². The SMILES string of the molecule is CCCOc1ccc(C(=O)OC(C)(C)C)cc1. The van der Waals surface area contributed by atoms with Crippen LogP contribution in [0.15, 0.2) is 24.3 Å². The van der Waals surface area contributed by atoms with Gasteiger partial charge < -0.3 is 9.47 Å². The summed E-state index contributed by atoms with van der Waals surface area (Å²) in [5.41, 5.74) is 0.0813. The highest BCUT2D eigenvalue weighted by Gasteiger charge is 2.17. The molecule has 94 valence electrons. The average Bonchev–Trinajstić information content (AvgIpc) is 2.24. The van der Waals surface area contributed by atoms with E-state index in [1.807, 2.05) is 20.8 Å². The molecule has 0 unspecified atom stereocenters. The third kappa shape index (κ3) is 4.89. The Morgan fingerprint density at radius 1 is 1.18 bits per heavy atom. The lowest BCUT2D eigenvalue weighted by molar-refractivity contribution is 0.00695. The zero-order valence-corrected chi connectivity index (χ0v) is 10.9. The van der Waals surface area contributed by atoms with Crippen LogP contribution in [0.2, 0.25) is 0 Å². The fourth-order valence-electron chi connectivity index (χ4n) is 1.24. The Bertz CT molecular complexity index is 360. The zero-order valence-electron chi connectivity index (χ0n) is 10.9. The number of hydrogen-bond acceptors (Lipinski definition) is 3. The van der Waals surface area contributed by atoms with Crippen LogP contribution in [0.1, 0.15) is 44.5 Å². The Kier molecular flexibility index (Phi) is 4.55. The summed E-state index contributed by atoms with van der Waals surface area (Å²) in [5, 5.41) is 0. The highest BCUT2D eigenvalue weighted by molar-refractivity contribution is 5.89. The number of carbonyl (C=O) groups is 1. The van der Waals surface area contributed by atoms with Crippen LogP contribution < -0.4 is 4.74 Å². The van der Waals surface area contributed by atoms with Crippen molar-refractivity contribution in [2.45, 2.75) is 39.7 Å². The van der Waals surface area contributed by atoms with E-state index in [-0.39, 0.29) is 5.97 Å². The normalized spacial score (nSPS) is 11.1. The molecule has 0 spiro atoms. The van der Waals surface area contributed by atoms with Crippen LogP contribution in [-0.2, 0) is 4.74 Å². The maximum atomic E-state index is 11.7. The predicted molar refractivity (Wildman–Crippen MR) is 67.4 cm³/mol. The molecular weight excluding hydrogens is 216 g/mol. The molecule has 0 N–H and O–H groups in total. The summed E-state index contributed by atoms with van der Waals surface area (Å²) in [6.07, 6.45) is 0.966. The number of rotatable bonds is 4. The summed E-state index contributed by atoms with van der Waals surface area (Å²) in [5.74, 6) is 0.471. The number of benzene rings is 1. The van der Waals surface area contributed by atoms with E-state index in [1.165, 1.54) is 0 Å². The summed E-state index contributed by atoms with van der Waals surface area (Å²) in [7, 11) is 0. The molecule has 3 heteroatoms. The van der Waals surface area contributed by atoms with Gasteiger partial charge in [0.1, 0.15) is 11.4 Å². The van der Waals surface area contributed by atoms with E-state index < -0.39 is 5.60 Å². The predicted octanol–water partition coefficient (Wildman–Crippen LogP) is 3.43. The molecule has 0 aliphatic heterocycles.